The quantitative estimate of drug-likeness (QED) is 0.792. The minimum atomic E-state index is -4.33. The zero-order valence-corrected chi connectivity index (χ0v) is 15.2. The summed E-state index contributed by atoms with van der Waals surface area (Å²) in [5.41, 5.74) is 0.790. The monoisotopic (exact) mass is 388 g/mol. The van der Waals surface area contributed by atoms with Crippen molar-refractivity contribution in [1.29, 1.82) is 0 Å². The molecule has 1 heterocycles. The Balaban J connectivity index is 1.93. The molecule has 142 valence electrons. The molecule has 0 fully saturated rings. The molecule has 0 aliphatic heterocycles. The number of nitrogens with zero attached hydrogens (tertiary/aromatic N) is 3. The van der Waals surface area contributed by atoms with E-state index < -0.39 is 18.8 Å². The molecule has 0 bridgehead atoms. The van der Waals surface area contributed by atoms with Crippen molar-refractivity contribution < 1.29 is 18.0 Å². The summed E-state index contributed by atoms with van der Waals surface area (Å²) >= 11 is 6.05. The number of imidazole rings is 1. The Morgan fingerprint density at radius 3 is 2.73 bits per heavy atom. The lowest BCUT2D eigenvalue weighted by atomic mass is 10.2. The van der Waals surface area contributed by atoms with Crippen LogP contribution >= 0.6 is 11.6 Å². The van der Waals surface area contributed by atoms with Gasteiger partial charge in [-0.05, 0) is 25.6 Å². The third-order valence-corrected chi connectivity index (χ3v) is 4.36. The van der Waals surface area contributed by atoms with Crippen LogP contribution in [0.25, 0.3) is 0 Å². The number of amides is 1. The van der Waals surface area contributed by atoms with E-state index in [0.29, 0.717) is 5.02 Å². The van der Waals surface area contributed by atoms with Gasteiger partial charge in [-0.15, -0.1) is 0 Å². The Bertz CT molecular complexity index is 748. The third kappa shape index (κ3) is 5.74. The minimum absolute atomic E-state index is 0.115. The number of halogens is 4. The number of carbonyl (C=O) groups is 1. The van der Waals surface area contributed by atoms with Crippen LogP contribution in [0.3, 0.4) is 0 Å². The Morgan fingerprint density at radius 1 is 1.38 bits per heavy atom. The molecular weight excluding hydrogens is 369 g/mol. The maximum Gasteiger partial charge on any atom is 0.406 e. The average molecular weight is 389 g/mol. The van der Waals surface area contributed by atoms with Gasteiger partial charge in [-0.25, -0.2) is 4.98 Å². The van der Waals surface area contributed by atoms with E-state index in [0.717, 1.165) is 10.1 Å². The second-order valence-corrected chi connectivity index (χ2v) is 6.39. The first-order valence-corrected chi connectivity index (χ1v) is 8.33. The van der Waals surface area contributed by atoms with Crippen molar-refractivity contribution in [3.05, 3.63) is 53.1 Å². The fourth-order valence-corrected chi connectivity index (χ4v) is 2.56. The van der Waals surface area contributed by atoms with E-state index in [1.54, 1.807) is 31.0 Å². The molecule has 1 aromatic carbocycles. The Kier molecular flexibility index (Phi) is 6.66. The van der Waals surface area contributed by atoms with Crippen LogP contribution in [0.15, 0.2) is 36.7 Å². The Labute approximate surface area is 154 Å². The molecule has 0 radical (unpaired) electrons. The van der Waals surface area contributed by atoms with Gasteiger partial charge in [0.15, 0.2) is 0 Å². The number of nitrogens with one attached hydrogen (secondary N) is 1. The number of carbonyl (C=O) groups excluding carboxylic acids is 1. The first-order chi connectivity index (χ1) is 12.2. The largest absolute Gasteiger partial charge is 0.406 e. The van der Waals surface area contributed by atoms with E-state index in [1.807, 2.05) is 12.1 Å². The summed E-state index contributed by atoms with van der Waals surface area (Å²) in [5, 5.41) is 3.34. The molecule has 1 amide bonds. The zero-order chi connectivity index (χ0) is 19.3. The van der Waals surface area contributed by atoms with E-state index in [9.17, 15) is 18.0 Å². The molecular formula is C17H20ClF3N4O. The third-order valence-electron chi connectivity index (χ3n) is 3.99. The maximum absolute atomic E-state index is 12.6. The van der Waals surface area contributed by atoms with Gasteiger partial charge in [0.1, 0.15) is 12.4 Å². The van der Waals surface area contributed by atoms with E-state index in [4.69, 9.17) is 11.6 Å². The lowest BCUT2D eigenvalue weighted by Crippen LogP contribution is -2.43. The summed E-state index contributed by atoms with van der Waals surface area (Å²) in [6, 6.07) is 6.62. The number of rotatable bonds is 7. The highest BCUT2D eigenvalue weighted by atomic mass is 35.5. The van der Waals surface area contributed by atoms with Gasteiger partial charge in [0.05, 0.1) is 12.6 Å². The van der Waals surface area contributed by atoms with Crippen LogP contribution in [0, 0.1) is 0 Å². The fourth-order valence-electron chi connectivity index (χ4n) is 2.36. The summed E-state index contributed by atoms with van der Waals surface area (Å²) in [5.74, 6) is -0.00285. The van der Waals surface area contributed by atoms with Crippen molar-refractivity contribution in [2.45, 2.75) is 38.8 Å². The van der Waals surface area contributed by atoms with Crippen molar-refractivity contribution in [3.63, 3.8) is 0 Å². The molecule has 0 spiro atoms. The molecule has 1 unspecified atom stereocenters. The molecule has 0 saturated heterocycles. The molecule has 2 aromatic rings. The molecule has 1 atom stereocenters. The zero-order valence-electron chi connectivity index (χ0n) is 14.4. The number of aromatic nitrogens is 2. The molecule has 1 aromatic heterocycles. The van der Waals surface area contributed by atoms with Gasteiger partial charge < -0.3 is 9.88 Å². The van der Waals surface area contributed by atoms with E-state index in [2.05, 4.69) is 10.3 Å². The normalized spacial score (nSPS) is 13.0. The molecule has 9 heteroatoms. The van der Waals surface area contributed by atoms with Gasteiger partial charge in [-0.1, -0.05) is 29.8 Å². The van der Waals surface area contributed by atoms with Gasteiger partial charge in [0.25, 0.3) is 0 Å². The highest BCUT2D eigenvalue weighted by Crippen LogP contribution is 2.19. The second kappa shape index (κ2) is 8.55. The molecule has 2 rings (SSSR count). The Morgan fingerprint density at radius 2 is 2.08 bits per heavy atom. The molecule has 5 nitrogen and oxygen atoms in total. The Hall–Kier alpha value is -2.06. The first kappa shape index (κ1) is 20.3. The SMILES string of the molecule is CC(C(=O)NCc1ccccc1Cl)N(C)Cc1nccn1CC(F)(F)F. The van der Waals surface area contributed by atoms with Crippen molar-refractivity contribution in [2.75, 3.05) is 7.05 Å². The number of alkyl halides is 3. The standard InChI is InChI=1S/C17H20ClF3N4O/c1-12(16(26)23-9-13-5-3-4-6-14(13)18)24(2)10-15-22-7-8-25(15)11-17(19,20)21/h3-8,12H,9-11H2,1-2H3,(H,23,26). The second-order valence-electron chi connectivity index (χ2n) is 5.99. The van der Waals surface area contributed by atoms with Crippen molar-refractivity contribution in [1.82, 2.24) is 19.8 Å². The van der Waals surface area contributed by atoms with Crippen molar-refractivity contribution in [3.8, 4) is 0 Å². The van der Waals surface area contributed by atoms with E-state index in [-0.39, 0.29) is 24.8 Å². The van der Waals surface area contributed by atoms with Gasteiger partial charge in [-0.3, -0.25) is 9.69 Å². The number of likely N-dealkylation sites (N-methyl/N-ethyl adjacent to an activating group) is 1. The topological polar surface area (TPSA) is 50.2 Å². The first-order valence-electron chi connectivity index (χ1n) is 7.95. The summed E-state index contributed by atoms with van der Waals surface area (Å²) in [7, 11) is 1.66. The summed E-state index contributed by atoms with van der Waals surface area (Å²) < 4.78 is 38.8. The lowest BCUT2D eigenvalue weighted by Gasteiger charge is -2.24. The molecule has 0 aliphatic carbocycles. The smallest absolute Gasteiger partial charge is 0.351 e. The predicted octanol–water partition coefficient (Wildman–Crippen LogP) is 3.24. The van der Waals surface area contributed by atoms with Crippen molar-refractivity contribution >= 4 is 17.5 Å². The van der Waals surface area contributed by atoms with Crippen LogP contribution in [0.5, 0.6) is 0 Å². The lowest BCUT2D eigenvalue weighted by molar-refractivity contribution is -0.141. The van der Waals surface area contributed by atoms with Crippen LogP contribution in [-0.4, -0.2) is 39.6 Å². The predicted molar refractivity (Wildman–Crippen MR) is 92.5 cm³/mol. The number of hydrogen-bond donors (Lipinski definition) is 1. The number of benzene rings is 1. The highest BCUT2D eigenvalue weighted by molar-refractivity contribution is 6.31. The van der Waals surface area contributed by atoms with Gasteiger partial charge >= 0.3 is 6.18 Å². The van der Waals surface area contributed by atoms with Gasteiger partial charge in [-0.2, -0.15) is 13.2 Å². The molecule has 1 N–H and O–H groups in total. The van der Waals surface area contributed by atoms with Crippen LogP contribution in [0.4, 0.5) is 13.2 Å². The van der Waals surface area contributed by atoms with E-state index >= 15 is 0 Å². The molecule has 26 heavy (non-hydrogen) atoms. The number of hydrogen-bond acceptors (Lipinski definition) is 3. The van der Waals surface area contributed by atoms with Crippen molar-refractivity contribution in [2.24, 2.45) is 0 Å². The van der Waals surface area contributed by atoms with Crippen LogP contribution in [-0.2, 0) is 24.4 Å². The summed E-state index contributed by atoms with van der Waals surface area (Å²) in [6.45, 7) is 0.964. The maximum atomic E-state index is 12.6. The molecule has 0 aliphatic rings. The highest BCUT2D eigenvalue weighted by Gasteiger charge is 2.29. The van der Waals surface area contributed by atoms with Crippen LogP contribution < -0.4 is 5.32 Å². The average Bonchev–Trinajstić information content (AvgIpc) is 2.97. The van der Waals surface area contributed by atoms with E-state index in [1.165, 1.54) is 12.4 Å². The minimum Gasteiger partial charge on any atom is -0.351 e. The summed E-state index contributed by atoms with van der Waals surface area (Å²) in [6.07, 6.45) is -1.73. The summed E-state index contributed by atoms with van der Waals surface area (Å²) in [4.78, 5) is 17.9. The molecule has 0 saturated carbocycles. The van der Waals surface area contributed by atoms with Crippen LogP contribution in [0.2, 0.25) is 5.02 Å². The van der Waals surface area contributed by atoms with Gasteiger partial charge in [0, 0.05) is 24.0 Å². The fraction of sp³-hybridized carbons (Fsp3) is 0.412. The van der Waals surface area contributed by atoms with Gasteiger partial charge in [0.2, 0.25) is 5.91 Å². The van der Waals surface area contributed by atoms with Crippen LogP contribution in [0.1, 0.15) is 18.3 Å².